The Morgan fingerprint density at radius 1 is 1.28 bits per heavy atom. The second-order valence-corrected chi connectivity index (χ2v) is 5.14. The van der Waals surface area contributed by atoms with Crippen molar-refractivity contribution in [1.82, 2.24) is 0 Å². The molecule has 0 aliphatic rings. The smallest absolute Gasteiger partial charge is 0.146 e. The molecule has 1 rings (SSSR count). The number of anilines is 1. The van der Waals surface area contributed by atoms with Crippen molar-refractivity contribution in [2.75, 3.05) is 24.5 Å². The Balaban J connectivity index is 2.75. The minimum atomic E-state index is -0.744. The van der Waals surface area contributed by atoms with E-state index in [1.165, 1.54) is 6.07 Å². The number of aliphatic hydroxyl groups is 1. The lowest BCUT2D eigenvalue weighted by Gasteiger charge is -2.28. The number of nitrogens with two attached hydrogens (primary N) is 1. The average Bonchev–Trinajstić information content (AvgIpc) is 2.29. The number of rotatable bonds is 7. The van der Waals surface area contributed by atoms with E-state index in [4.69, 9.17) is 5.73 Å². The molecule has 0 spiro atoms. The fraction of sp³-hybridized carbons (Fsp3) is 0.571. The molecule has 0 amide bonds. The number of nitrogens with zero attached hydrogens (tertiary/aromatic N) is 1. The molecule has 1 aromatic rings. The molecule has 0 atom stereocenters. The van der Waals surface area contributed by atoms with E-state index in [1.54, 1.807) is 26.0 Å². The van der Waals surface area contributed by atoms with Crippen LogP contribution in [0.5, 0.6) is 0 Å². The van der Waals surface area contributed by atoms with E-state index in [9.17, 15) is 9.50 Å². The molecule has 18 heavy (non-hydrogen) atoms. The first-order valence-corrected chi connectivity index (χ1v) is 6.36. The predicted molar refractivity (Wildman–Crippen MR) is 73.2 cm³/mol. The second-order valence-electron chi connectivity index (χ2n) is 5.14. The van der Waals surface area contributed by atoms with Gasteiger partial charge in [0.2, 0.25) is 0 Å². The Hall–Kier alpha value is -1.13. The van der Waals surface area contributed by atoms with Crippen molar-refractivity contribution >= 4 is 5.69 Å². The van der Waals surface area contributed by atoms with E-state index in [0.717, 1.165) is 6.42 Å². The van der Waals surface area contributed by atoms with Crippen molar-refractivity contribution in [3.8, 4) is 0 Å². The van der Waals surface area contributed by atoms with Gasteiger partial charge in [0.15, 0.2) is 0 Å². The predicted octanol–water partition coefficient (Wildman–Crippen LogP) is 2.14. The zero-order chi connectivity index (χ0) is 13.6. The van der Waals surface area contributed by atoms with Crippen molar-refractivity contribution in [3.05, 3.63) is 30.1 Å². The molecule has 0 bridgehead atoms. The summed E-state index contributed by atoms with van der Waals surface area (Å²) < 4.78 is 13.8. The quantitative estimate of drug-likeness (QED) is 0.784. The Morgan fingerprint density at radius 2 is 1.94 bits per heavy atom. The Kier molecular flexibility index (Phi) is 5.56. The van der Waals surface area contributed by atoms with Crippen molar-refractivity contribution < 1.29 is 9.50 Å². The molecule has 102 valence electrons. The van der Waals surface area contributed by atoms with Crippen molar-refractivity contribution in [1.29, 1.82) is 0 Å². The third kappa shape index (κ3) is 5.02. The van der Waals surface area contributed by atoms with Crippen molar-refractivity contribution in [2.24, 2.45) is 5.73 Å². The standard InChI is InChI=1S/C14H23FN2O/c1-14(2,18)8-11-17(10-5-9-16)13-7-4-3-6-12(13)15/h3-4,6-7,18H,5,8-11,16H2,1-2H3. The average molecular weight is 254 g/mol. The minimum Gasteiger partial charge on any atom is -0.390 e. The third-order valence-electron chi connectivity index (χ3n) is 2.82. The van der Waals surface area contributed by atoms with Crippen LogP contribution in [0.25, 0.3) is 0 Å². The lowest BCUT2D eigenvalue weighted by molar-refractivity contribution is 0.0730. The van der Waals surface area contributed by atoms with Gasteiger partial charge in [-0.2, -0.15) is 0 Å². The van der Waals surface area contributed by atoms with Crippen LogP contribution in [-0.4, -0.2) is 30.3 Å². The monoisotopic (exact) mass is 254 g/mol. The van der Waals surface area contributed by atoms with Crippen LogP contribution >= 0.6 is 0 Å². The summed E-state index contributed by atoms with van der Waals surface area (Å²) in [4.78, 5) is 1.94. The molecular formula is C14H23FN2O. The van der Waals surface area contributed by atoms with Crippen molar-refractivity contribution in [2.45, 2.75) is 32.3 Å². The van der Waals surface area contributed by atoms with Gasteiger partial charge in [0.25, 0.3) is 0 Å². The molecule has 0 aromatic heterocycles. The van der Waals surface area contributed by atoms with E-state index in [-0.39, 0.29) is 5.82 Å². The van der Waals surface area contributed by atoms with Gasteiger partial charge >= 0.3 is 0 Å². The fourth-order valence-electron chi connectivity index (χ4n) is 1.75. The molecule has 0 unspecified atom stereocenters. The van der Waals surface area contributed by atoms with Crippen LogP contribution in [-0.2, 0) is 0 Å². The minimum absolute atomic E-state index is 0.231. The van der Waals surface area contributed by atoms with Crippen LogP contribution < -0.4 is 10.6 Å². The zero-order valence-electron chi connectivity index (χ0n) is 11.2. The molecular weight excluding hydrogens is 231 g/mol. The first-order chi connectivity index (χ1) is 8.44. The highest BCUT2D eigenvalue weighted by molar-refractivity contribution is 5.47. The molecule has 0 aliphatic carbocycles. The molecule has 4 heteroatoms. The topological polar surface area (TPSA) is 49.5 Å². The highest BCUT2D eigenvalue weighted by Gasteiger charge is 2.17. The van der Waals surface area contributed by atoms with E-state index in [0.29, 0.717) is 31.7 Å². The SMILES string of the molecule is CC(C)(O)CCN(CCCN)c1ccccc1F. The molecule has 1 aromatic carbocycles. The van der Waals surface area contributed by atoms with E-state index in [2.05, 4.69) is 0 Å². The van der Waals surface area contributed by atoms with Gasteiger partial charge in [0.05, 0.1) is 11.3 Å². The summed E-state index contributed by atoms with van der Waals surface area (Å²) in [6.07, 6.45) is 1.39. The van der Waals surface area contributed by atoms with Gasteiger partial charge in [-0.3, -0.25) is 0 Å². The Bertz CT molecular complexity index is 363. The van der Waals surface area contributed by atoms with Gasteiger partial charge in [-0.15, -0.1) is 0 Å². The largest absolute Gasteiger partial charge is 0.390 e. The summed E-state index contributed by atoms with van der Waals surface area (Å²) in [5.74, 6) is -0.231. The fourth-order valence-corrected chi connectivity index (χ4v) is 1.75. The highest BCUT2D eigenvalue weighted by Crippen LogP contribution is 2.20. The number of halogens is 1. The molecule has 0 radical (unpaired) electrons. The zero-order valence-corrected chi connectivity index (χ0v) is 11.2. The van der Waals surface area contributed by atoms with Crippen LogP contribution in [0.4, 0.5) is 10.1 Å². The molecule has 0 aliphatic heterocycles. The number of hydrogen-bond acceptors (Lipinski definition) is 3. The van der Waals surface area contributed by atoms with Gasteiger partial charge < -0.3 is 15.7 Å². The first-order valence-electron chi connectivity index (χ1n) is 6.36. The molecule has 0 saturated heterocycles. The van der Waals surface area contributed by atoms with Crippen LogP contribution in [0.2, 0.25) is 0 Å². The summed E-state index contributed by atoms with van der Waals surface area (Å²) in [5.41, 5.74) is 5.34. The normalized spacial score (nSPS) is 11.6. The lowest BCUT2D eigenvalue weighted by Crippen LogP contribution is -2.33. The van der Waals surface area contributed by atoms with Gasteiger partial charge in [0.1, 0.15) is 5.82 Å². The van der Waals surface area contributed by atoms with E-state index < -0.39 is 5.60 Å². The van der Waals surface area contributed by atoms with Crippen LogP contribution in [0.3, 0.4) is 0 Å². The van der Waals surface area contributed by atoms with E-state index in [1.807, 2.05) is 11.0 Å². The Labute approximate surface area is 108 Å². The summed E-state index contributed by atoms with van der Waals surface area (Å²) in [7, 11) is 0. The number of benzene rings is 1. The summed E-state index contributed by atoms with van der Waals surface area (Å²) in [6, 6.07) is 6.71. The van der Waals surface area contributed by atoms with Gasteiger partial charge in [-0.25, -0.2) is 4.39 Å². The summed E-state index contributed by atoms with van der Waals surface area (Å²) >= 11 is 0. The van der Waals surface area contributed by atoms with Gasteiger partial charge in [-0.1, -0.05) is 12.1 Å². The van der Waals surface area contributed by atoms with Crippen LogP contribution in [0, 0.1) is 5.82 Å². The first kappa shape index (κ1) is 14.9. The molecule has 0 heterocycles. The third-order valence-corrected chi connectivity index (χ3v) is 2.82. The number of hydrogen-bond donors (Lipinski definition) is 2. The number of para-hydroxylation sites is 1. The van der Waals surface area contributed by atoms with E-state index >= 15 is 0 Å². The Morgan fingerprint density at radius 3 is 2.50 bits per heavy atom. The molecule has 0 fully saturated rings. The highest BCUT2D eigenvalue weighted by atomic mass is 19.1. The molecule has 0 saturated carbocycles. The second kappa shape index (κ2) is 6.71. The van der Waals surface area contributed by atoms with Crippen molar-refractivity contribution in [3.63, 3.8) is 0 Å². The van der Waals surface area contributed by atoms with Gasteiger partial charge in [0, 0.05) is 13.1 Å². The molecule has 3 nitrogen and oxygen atoms in total. The maximum Gasteiger partial charge on any atom is 0.146 e. The maximum absolute atomic E-state index is 13.8. The summed E-state index contributed by atoms with van der Waals surface area (Å²) in [5, 5.41) is 9.76. The van der Waals surface area contributed by atoms with Crippen LogP contribution in [0.1, 0.15) is 26.7 Å². The molecule has 3 N–H and O–H groups in total. The van der Waals surface area contributed by atoms with Gasteiger partial charge in [-0.05, 0) is 45.4 Å². The van der Waals surface area contributed by atoms with Crippen LogP contribution in [0.15, 0.2) is 24.3 Å². The summed E-state index contributed by atoms with van der Waals surface area (Å²) in [6.45, 7) is 5.41. The maximum atomic E-state index is 13.8. The lowest BCUT2D eigenvalue weighted by atomic mass is 10.1.